The average molecular weight is 451 g/mol. The molecule has 2 heterocycles. The van der Waals surface area contributed by atoms with E-state index >= 15 is 0 Å². The lowest BCUT2D eigenvalue weighted by Crippen LogP contribution is -2.28. The largest absolute Gasteiger partial charge is 0.334 e. The summed E-state index contributed by atoms with van der Waals surface area (Å²) >= 11 is 0. The van der Waals surface area contributed by atoms with Crippen molar-refractivity contribution in [3.63, 3.8) is 0 Å². The predicted octanol–water partition coefficient (Wildman–Crippen LogP) is 3.56. The molecule has 2 amide bonds. The first-order valence-corrected chi connectivity index (χ1v) is 11.0. The molecule has 4 rings (SSSR count). The molecule has 32 heavy (non-hydrogen) atoms. The number of carbonyl (C=O) groups is 1. The van der Waals surface area contributed by atoms with Gasteiger partial charge in [0, 0.05) is 43.1 Å². The molecule has 10 heteroatoms. The number of halogens is 1. The van der Waals surface area contributed by atoms with Crippen molar-refractivity contribution in [3.05, 3.63) is 96.8 Å². The molecule has 4 aromatic rings. The maximum Gasteiger partial charge on any atom is 0.319 e. The van der Waals surface area contributed by atoms with E-state index in [1.165, 1.54) is 47.3 Å². The molecule has 2 aromatic heterocycles. The first-order chi connectivity index (χ1) is 15.4. The van der Waals surface area contributed by atoms with Crippen molar-refractivity contribution in [3.8, 4) is 5.69 Å². The number of sulfone groups is 1. The van der Waals surface area contributed by atoms with Crippen LogP contribution < -0.4 is 10.6 Å². The number of hydrogen-bond donors (Lipinski definition) is 2. The fourth-order valence-electron chi connectivity index (χ4n) is 2.98. The van der Waals surface area contributed by atoms with Crippen molar-refractivity contribution in [1.29, 1.82) is 0 Å². The van der Waals surface area contributed by atoms with Crippen LogP contribution in [-0.2, 0) is 16.4 Å². The molecule has 2 aromatic carbocycles. The Balaban J connectivity index is 1.45. The van der Waals surface area contributed by atoms with Gasteiger partial charge in [-0.3, -0.25) is 4.98 Å². The van der Waals surface area contributed by atoms with Crippen LogP contribution in [0.5, 0.6) is 0 Å². The fourth-order valence-corrected chi connectivity index (χ4v) is 4.29. The van der Waals surface area contributed by atoms with Crippen molar-refractivity contribution in [2.45, 2.75) is 16.3 Å². The van der Waals surface area contributed by atoms with E-state index in [0.717, 1.165) is 11.6 Å². The summed E-state index contributed by atoms with van der Waals surface area (Å²) in [5.41, 5.74) is 1.63. The van der Waals surface area contributed by atoms with Crippen LogP contribution >= 0.6 is 0 Å². The SMILES string of the molecule is O=C(NCc1cccnc1)Nc1ccc(S(=O)(=O)c2ccc(-n3cccn3)cc2F)cc1. The topological polar surface area (TPSA) is 106 Å². The number of pyridine rings is 1. The molecule has 0 bridgehead atoms. The van der Waals surface area contributed by atoms with Crippen molar-refractivity contribution in [2.75, 3.05) is 5.32 Å². The predicted molar refractivity (Wildman–Crippen MR) is 116 cm³/mol. The van der Waals surface area contributed by atoms with Gasteiger partial charge >= 0.3 is 6.03 Å². The van der Waals surface area contributed by atoms with Gasteiger partial charge in [-0.2, -0.15) is 5.10 Å². The lowest BCUT2D eigenvalue weighted by Gasteiger charge is -2.10. The van der Waals surface area contributed by atoms with E-state index in [9.17, 15) is 17.6 Å². The molecule has 0 aliphatic carbocycles. The number of nitrogens with zero attached hydrogens (tertiary/aromatic N) is 3. The third-order valence-corrected chi connectivity index (χ3v) is 6.38. The highest BCUT2D eigenvalue weighted by molar-refractivity contribution is 7.91. The van der Waals surface area contributed by atoms with Crippen LogP contribution in [0.4, 0.5) is 14.9 Å². The summed E-state index contributed by atoms with van der Waals surface area (Å²) < 4.78 is 41.8. The number of aromatic nitrogens is 3. The van der Waals surface area contributed by atoms with Gasteiger partial charge in [-0.1, -0.05) is 6.07 Å². The van der Waals surface area contributed by atoms with Crippen molar-refractivity contribution in [2.24, 2.45) is 0 Å². The van der Waals surface area contributed by atoms with Crippen molar-refractivity contribution < 1.29 is 17.6 Å². The minimum absolute atomic E-state index is 0.0930. The fraction of sp³-hybridized carbons (Fsp3) is 0.0455. The second kappa shape index (κ2) is 8.98. The molecule has 0 aliphatic heterocycles. The molecule has 0 aliphatic rings. The Kier molecular flexibility index (Phi) is 5.95. The van der Waals surface area contributed by atoms with E-state index in [4.69, 9.17) is 0 Å². The van der Waals surface area contributed by atoms with Gasteiger partial charge in [0.05, 0.1) is 10.6 Å². The van der Waals surface area contributed by atoms with Gasteiger partial charge < -0.3 is 10.6 Å². The summed E-state index contributed by atoms with van der Waals surface area (Å²) in [6.07, 6.45) is 6.44. The number of nitrogens with one attached hydrogen (secondary N) is 2. The number of benzene rings is 2. The summed E-state index contributed by atoms with van der Waals surface area (Å²) in [5, 5.41) is 9.29. The zero-order chi connectivity index (χ0) is 22.6. The Bertz CT molecular complexity index is 1330. The molecule has 2 N–H and O–H groups in total. The Morgan fingerprint density at radius 2 is 1.84 bits per heavy atom. The van der Waals surface area contributed by atoms with Crippen molar-refractivity contribution >= 4 is 21.6 Å². The Morgan fingerprint density at radius 1 is 1.03 bits per heavy atom. The third kappa shape index (κ3) is 4.65. The maximum absolute atomic E-state index is 14.6. The minimum Gasteiger partial charge on any atom is -0.334 e. The molecule has 162 valence electrons. The summed E-state index contributed by atoms with van der Waals surface area (Å²) in [5.74, 6) is -0.880. The van der Waals surface area contributed by atoms with Crippen LogP contribution in [0.3, 0.4) is 0 Å². The molecule has 0 spiro atoms. The zero-order valence-corrected chi connectivity index (χ0v) is 17.5. The number of amides is 2. The molecule has 0 saturated carbocycles. The lowest BCUT2D eigenvalue weighted by molar-refractivity contribution is 0.251. The molecular formula is C22H18FN5O3S. The molecule has 0 saturated heterocycles. The van der Waals surface area contributed by atoms with Gasteiger partial charge in [0.25, 0.3) is 0 Å². The first-order valence-electron chi connectivity index (χ1n) is 9.52. The van der Waals surface area contributed by atoms with E-state index in [2.05, 4.69) is 20.7 Å². The van der Waals surface area contributed by atoms with Crippen LogP contribution in [-0.4, -0.2) is 29.2 Å². The average Bonchev–Trinajstić information content (AvgIpc) is 3.34. The normalized spacial score (nSPS) is 11.2. The van der Waals surface area contributed by atoms with Gasteiger partial charge in [-0.15, -0.1) is 0 Å². The van der Waals surface area contributed by atoms with Crippen LogP contribution in [0, 0.1) is 5.82 Å². The summed E-state index contributed by atoms with van der Waals surface area (Å²) in [6.45, 7) is 0.292. The number of urea groups is 1. The highest BCUT2D eigenvalue weighted by atomic mass is 32.2. The van der Waals surface area contributed by atoms with E-state index in [1.54, 1.807) is 30.7 Å². The standard InChI is InChI=1S/C22H18FN5O3S/c23-20-13-18(28-12-2-11-26-28)6-9-21(20)32(30,31)19-7-4-17(5-8-19)27-22(29)25-15-16-3-1-10-24-14-16/h1-14H,15H2,(H2,25,27,29). The molecule has 0 radical (unpaired) electrons. The molecule has 0 fully saturated rings. The first kappa shape index (κ1) is 21.2. The Hall–Kier alpha value is -4.05. The van der Waals surface area contributed by atoms with E-state index < -0.39 is 26.6 Å². The second-order valence-electron chi connectivity index (χ2n) is 6.76. The monoisotopic (exact) mass is 451 g/mol. The number of carbonyl (C=O) groups excluding carboxylic acids is 1. The number of rotatable bonds is 6. The van der Waals surface area contributed by atoms with E-state index in [0.29, 0.717) is 17.9 Å². The van der Waals surface area contributed by atoms with Crippen LogP contribution in [0.15, 0.2) is 95.2 Å². The van der Waals surface area contributed by atoms with Gasteiger partial charge in [0.15, 0.2) is 0 Å². The smallest absolute Gasteiger partial charge is 0.319 e. The van der Waals surface area contributed by atoms with Crippen molar-refractivity contribution in [1.82, 2.24) is 20.1 Å². The lowest BCUT2D eigenvalue weighted by atomic mass is 10.3. The summed E-state index contributed by atoms with van der Waals surface area (Å²) in [4.78, 5) is 15.5. The second-order valence-corrected chi connectivity index (χ2v) is 8.68. The molecule has 0 unspecified atom stereocenters. The quantitative estimate of drug-likeness (QED) is 0.466. The van der Waals surface area contributed by atoms with Gasteiger partial charge in [0.2, 0.25) is 9.84 Å². The van der Waals surface area contributed by atoms with Gasteiger partial charge in [-0.05, 0) is 54.1 Å². The molecule has 0 atom stereocenters. The summed E-state index contributed by atoms with van der Waals surface area (Å²) in [7, 11) is -4.09. The highest BCUT2D eigenvalue weighted by Crippen LogP contribution is 2.26. The van der Waals surface area contributed by atoms with Gasteiger partial charge in [0.1, 0.15) is 10.7 Å². The van der Waals surface area contributed by atoms with Crippen LogP contribution in [0.25, 0.3) is 5.69 Å². The van der Waals surface area contributed by atoms with Crippen LogP contribution in [0.2, 0.25) is 0 Å². The summed E-state index contributed by atoms with van der Waals surface area (Å²) in [6, 6.07) is 14.1. The maximum atomic E-state index is 14.6. The third-order valence-electron chi connectivity index (χ3n) is 4.57. The Morgan fingerprint density at radius 3 is 2.50 bits per heavy atom. The number of anilines is 1. The Labute approximate surface area is 183 Å². The number of hydrogen-bond acceptors (Lipinski definition) is 5. The molecular weight excluding hydrogens is 433 g/mol. The zero-order valence-electron chi connectivity index (χ0n) is 16.6. The minimum atomic E-state index is -4.09. The van der Waals surface area contributed by atoms with E-state index in [1.807, 2.05) is 6.07 Å². The van der Waals surface area contributed by atoms with Crippen LogP contribution in [0.1, 0.15) is 5.56 Å². The van der Waals surface area contributed by atoms with Gasteiger partial charge in [-0.25, -0.2) is 22.3 Å². The van der Waals surface area contributed by atoms with E-state index in [-0.39, 0.29) is 4.90 Å². The molecule has 8 nitrogen and oxygen atoms in total. The highest BCUT2D eigenvalue weighted by Gasteiger charge is 2.22.